The average molecular weight is 181 g/mol. The Morgan fingerprint density at radius 2 is 2.42 bits per heavy atom. The highest BCUT2D eigenvalue weighted by molar-refractivity contribution is 6.31. The molecule has 0 spiro atoms. The second-order valence-electron chi connectivity index (χ2n) is 2.41. The normalized spacial score (nSPS) is 10.4. The largest absolute Gasteiger partial charge is 0.359 e. The zero-order valence-corrected chi connectivity index (χ0v) is 6.80. The summed E-state index contributed by atoms with van der Waals surface area (Å²) in [5.74, 6) is 0. The summed E-state index contributed by atoms with van der Waals surface area (Å²) in [6.07, 6.45) is 3.89. The van der Waals surface area contributed by atoms with Crippen LogP contribution in [0, 0.1) is 0 Å². The Kier molecular flexibility index (Phi) is 1.59. The van der Waals surface area contributed by atoms with Crippen LogP contribution in [-0.2, 0) is 0 Å². The van der Waals surface area contributed by atoms with Gasteiger partial charge in [0.2, 0.25) is 0 Å². The van der Waals surface area contributed by atoms with Gasteiger partial charge in [-0.2, -0.15) is 0 Å². The van der Waals surface area contributed by atoms with Gasteiger partial charge in [0.15, 0.2) is 6.29 Å². The number of carbonyl (C=O) groups is 1. The van der Waals surface area contributed by atoms with Crippen molar-refractivity contribution in [3.05, 3.63) is 29.0 Å². The third-order valence-corrected chi connectivity index (χ3v) is 1.84. The number of fused-ring (bicyclic) bond motifs is 1. The van der Waals surface area contributed by atoms with Gasteiger partial charge in [-0.05, 0) is 6.07 Å². The number of carbonyl (C=O) groups excluding carboxylic acids is 1. The number of halogens is 1. The molecular weight excluding hydrogens is 176 g/mol. The number of aldehydes is 1. The van der Waals surface area contributed by atoms with Gasteiger partial charge >= 0.3 is 0 Å². The van der Waals surface area contributed by atoms with Crippen molar-refractivity contribution < 1.29 is 4.79 Å². The van der Waals surface area contributed by atoms with Crippen LogP contribution in [0.2, 0.25) is 5.02 Å². The molecule has 2 aromatic heterocycles. The lowest BCUT2D eigenvalue weighted by molar-refractivity contribution is 0.112. The van der Waals surface area contributed by atoms with Crippen molar-refractivity contribution in [2.75, 3.05) is 0 Å². The first-order chi connectivity index (χ1) is 5.81. The highest BCUT2D eigenvalue weighted by Gasteiger charge is 2.03. The van der Waals surface area contributed by atoms with Gasteiger partial charge in [0.25, 0.3) is 0 Å². The number of H-pyrrole nitrogens is 1. The molecule has 4 heteroatoms. The van der Waals surface area contributed by atoms with E-state index in [2.05, 4.69) is 9.97 Å². The molecule has 2 heterocycles. The Balaban J connectivity index is 2.81. The van der Waals surface area contributed by atoms with E-state index < -0.39 is 0 Å². The highest BCUT2D eigenvalue weighted by Crippen LogP contribution is 2.17. The molecule has 2 aromatic rings. The number of nitrogens with one attached hydrogen (secondary N) is 1. The number of nitrogens with zero attached hydrogens (tertiary/aromatic N) is 1. The van der Waals surface area contributed by atoms with Crippen LogP contribution in [-0.4, -0.2) is 16.3 Å². The standard InChI is InChI=1S/C8H5ClN2O/c9-6-1-7-8(11-3-6)5(4-12)2-10-7/h1-4,10H. The van der Waals surface area contributed by atoms with Crippen LogP contribution >= 0.6 is 11.6 Å². The van der Waals surface area contributed by atoms with Crippen molar-refractivity contribution in [2.45, 2.75) is 0 Å². The fourth-order valence-electron chi connectivity index (χ4n) is 1.09. The predicted octanol–water partition coefficient (Wildman–Crippen LogP) is 2.03. The molecule has 12 heavy (non-hydrogen) atoms. The van der Waals surface area contributed by atoms with Crippen molar-refractivity contribution in [1.29, 1.82) is 0 Å². The molecule has 0 fully saturated rings. The molecule has 60 valence electrons. The number of aromatic amines is 1. The Morgan fingerprint density at radius 3 is 3.17 bits per heavy atom. The maximum Gasteiger partial charge on any atom is 0.153 e. The van der Waals surface area contributed by atoms with Gasteiger partial charge in [0.05, 0.1) is 21.6 Å². The zero-order valence-electron chi connectivity index (χ0n) is 6.04. The summed E-state index contributed by atoms with van der Waals surface area (Å²) in [6, 6.07) is 1.73. The summed E-state index contributed by atoms with van der Waals surface area (Å²) >= 11 is 5.70. The van der Waals surface area contributed by atoms with Gasteiger partial charge in [-0.1, -0.05) is 11.6 Å². The van der Waals surface area contributed by atoms with E-state index in [1.807, 2.05) is 0 Å². The molecule has 0 amide bonds. The average Bonchev–Trinajstić information content (AvgIpc) is 2.46. The molecule has 0 saturated heterocycles. The van der Waals surface area contributed by atoms with Crippen LogP contribution in [0.15, 0.2) is 18.5 Å². The van der Waals surface area contributed by atoms with Crippen molar-refractivity contribution in [1.82, 2.24) is 9.97 Å². The summed E-state index contributed by atoms with van der Waals surface area (Å²) in [4.78, 5) is 17.4. The minimum Gasteiger partial charge on any atom is -0.359 e. The Morgan fingerprint density at radius 1 is 1.58 bits per heavy atom. The second-order valence-corrected chi connectivity index (χ2v) is 2.85. The Labute approximate surface area is 73.4 Å². The van der Waals surface area contributed by atoms with Gasteiger partial charge < -0.3 is 4.98 Å². The number of aromatic nitrogens is 2. The molecule has 0 aliphatic heterocycles. The maximum atomic E-state index is 10.5. The molecular formula is C8H5ClN2O. The maximum absolute atomic E-state index is 10.5. The minimum absolute atomic E-state index is 0.557. The Bertz CT molecular complexity index is 436. The molecule has 3 nitrogen and oxygen atoms in total. The quantitative estimate of drug-likeness (QED) is 0.683. The van der Waals surface area contributed by atoms with E-state index in [1.165, 1.54) is 6.20 Å². The summed E-state index contributed by atoms with van der Waals surface area (Å²) in [6.45, 7) is 0. The lowest BCUT2D eigenvalue weighted by atomic mass is 10.3. The SMILES string of the molecule is O=Cc1c[nH]c2cc(Cl)cnc12. The van der Waals surface area contributed by atoms with E-state index >= 15 is 0 Å². The van der Waals surface area contributed by atoms with Crippen LogP contribution in [0.5, 0.6) is 0 Å². The molecule has 0 radical (unpaired) electrons. The Hall–Kier alpha value is -1.35. The van der Waals surface area contributed by atoms with Crippen molar-refractivity contribution in [3.8, 4) is 0 Å². The van der Waals surface area contributed by atoms with Crippen LogP contribution in [0.4, 0.5) is 0 Å². The monoisotopic (exact) mass is 180 g/mol. The zero-order chi connectivity index (χ0) is 8.55. The smallest absolute Gasteiger partial charge is 0.153 e. The lowest BCUT2D eigenvalue weighted by Crippen LogP contribution is -1.78. The first-order valence-electron chi connectivity index (χ1n) is 3.39. The third kappa shape index (κ3) is 0.987. The summed E-state index contributed by atoms with van der Waals surface area (Å²) in [5, 5.41) is 0.557. The van der Waals surface area contributed by atoms with Crippen LogP contribution in [0.25, 0.3) is 11.0 Å². The fraction of sp³-hybridized carbons (Fsp3) is 0. The fourth-order valence-corrected chi connectivity index (χ4v) is 1.25. The van der Waals surface area contributed by atoms with Gasteiger partial charge in [0, 0.05) is 12.4 Å². The summed E-state index contributed by atoms with van der Waals surface area (Å²) < 4.78 is 0. The van der Waals surface area contributed by atoms with Crippen molar-refractivity contribution in [3.63, 3.8) is 0 Å². The van der Waals surface area contributed by atoms with Crippen LogP contribution in [0.3, 0.4) is 0 Å². The number of pyridine rings is 1. The number of hydrogen-bond donors (Lipinski definition) is 1. The highest BCUT2D eigenvalue weighted by atomic mass is 35.5. The first kappa shape index (κ1) is 7.31. The van der Waals surface area contributed by atoms with Gasteiger partial charge in [-0.3, -0.25) is 9.78 Å². The van der Waals surface area contributed by atoms with Gasteiger partial charge in [-0.15, -0.1) is 0 Å². The van der Waals surface area contributed by atoms with E-state index in [1.54, 1.807) is 12.3 Å². The molecule has 0 aliphatic rings. The molecule has 1 N–H and O–H groups in total. The van der Waals surface area contributed by atoms with Crippen LogP contribution < -0.4 is 0 Å². The molecule has 0 aliphatic carbocycles. The minimum atomic E-state index is 0.557. The summed E-state index contributed by atoms with van der Waals surface area (Å²) in [7, 11) is 0. The molecule has 0 atom stereocenters. The number of rotatable bonds is 1. The first-order valence-corrected chi connectivity index (χ1v) is 3.77. The molecule has 0 unspecified atom stereocenters. The van der Waals surface area contributed by atoms with E-state index in [0.29, 0.717) is 16.1 Å². The lowest BCUT2D eigenvalue weighted by Gasteiger charge is -1.89. The summed E-state index contributed by atoms with van der Waals surface area (Å²) in [5.41, 5.74) is 2.00. The van der Waals surface area contributed by atoms with Gasteiger partial charge in [-0.25, -0.2) is 0 Å². The van der Waals surface area contributed by atoms with E-state index in [0.717, 1.165) is 11.8 Å². The van der Waals surface area contributed by atoms with E-state index in [-0.39, 0.29) is 0 Å². The van der Waals surface area contributed by atoms with Crippen molar-refractivity contribution >= 4 is 28.9 Å². The number of hydrogen-bond acceptors (Lipinski definition) is 2. The van der Waals surface area contributed by atoms with E-state index in [4.69, 9.17) is 11.6 Å². The van der Waals surface area contributed by atoms with E-state index in [9.17, 15) is 4.79 Å². The third-order valence-electron chi connectivity index (χ3n) is 1.64. The molecule has 2 rings (SSSR count). The molecule has 0 aromatic carbocycles. The molecule has 0 bridgehead atoms. The second kappa shape index (κ2) is 2.60. The van der Waals surface area contributed by atoms with Gasteiger partial charge in [0.1, 0.15) is 0 Å². The topological polar surface area (TPSA) is 45.8 Å². The van der Waals surface area contributed by atoms with Crippen molar-refractivity contribution in [2.24, 2.45) is 0 Å². The predicted molar refractivity (Wildman–Crippen MR) is 46.5 cm³/mol. The van der Waals surface area contributed by atoms with Crippen LogP contribution in [0.1, 0.15) is 10.4 Å². The molecule has 0 saturated carbocycles.